The summed E-state index contributed by atoms with van der Waals surface area (Å²) in [6.45, 7) is 1.79. The van der Waals surface area contributed by atoms with Crippen LogP contribution in [0.4, 0.5) is 4.39 Å². The van der Waals surface area contributed by atoms with Crippen molar-refractivity contribution < 1.29 is 13.9 Å². The number of nitrogens with zero attached hydrogens (tertiary/aromatic N) is 1. The zero-order valence-corrected chi connectivity index (χ0v) is 12.5. The Balaban J connectivity index is 1.78. The SMILES string of the molecule is COCC1(C(=O)N2CCc3cc(F)ccc3C2)CCCC1. The minimum absolute atomic E-state index is 0.194. The molecule has 1 aromatic carbocycles. The number of hydrogen-bond acceptors (Lipinski definition) is 2. The van der Waals surface area contributed by atoms with Gasteiger partial charge in [-0.05, 0) is 42.5 Å². The van der Waals surface area contributed by atoms with Crippen LogP contribution in [0, 0.1) is 11.2 Å². The van der Waals surface area contributed by atoms with Gasteiger partial charge in [0, 0.05) is 20.2 Å². The van der Waals surface area contributed by atoms with E-state index in [1.807, 2.05) is 11.0 Å². The number of fused-ring (bicyclic) bond motifs is 1. The minimum atomic E-state index is -0.327. The van der Waals surface area contributed by atoms with E-state index in [1.54, 1.807) is 13.2 Å². The normalized spacial score (nSPS) is 20.4. The summed E-state index contributed by atoms with van der Waals surface area (Å²) in [6.07, 6.45) is 4.79. The van der Waals surface area contributed by atoms with E-state index in [9.17, 15) is 9.18 Å². The maximum Gasteiger partial charge on any atom is 0.231 e. The third kappa shape index (κ3) is 2.69. The topological polar surface area (TPSA) is 29.5 Å². The van der Waals surface area contributed by atoms with Crippen molar-refractivity contribution in [1.29, 1.82) is 0 Å². The van der Waals surface area contributed by atoms with Crippen LogP contribution < -0.4 is 0 Å². The van der Waals surface area contributed by atoms with Gasteiger partial charge in [-0.1, -0.05) is 18.9 Å². The van der Waals surface area contributed by atoms with E-state index in [0.29, 0.717) is 19.7 Å². The first kappa shape index (κ1) is 14.5. The Hall–Kier alpha value is -1.42. The summed E-state index contributed by atoms with van der Waals surface area (Å²) in [5.74, 6) is 0.0250. The molecule has 1 amide bonds. The van der Waals surface area contributed by atoms with Crippen LogP contribution in [0.2, 0.25) is 0 Å². The van der Waals surface area contributed by atoms with Crippen molar-refractivity contribution >= 4 is 5.91 Å². The molecule has 0 N–H and O–H groups in total. The van der Waals surface area contributed by atoms with Crippen LogP contribution in [0.1, 0.15) is 36.8 Å². The number of amides is 1. The molecule has 1 heterocycles. The summed E-state index contributed by atoms with van der Waals surface area (Å²) >= 11 is 0. The highest BCUT2D eigenvalue weighted by atomic mass is 19.1. The zero-order valence-electron chi connectivity index (χ0n) is 12.5. The first-order valence-corrected chi connectivity index (χ1v) is 7.70. The Bertz CT molecular complexity index is 538. The number of hydrogen-bond donors (Lipinski definition) is 0. The minimum Gasteiger partial charge on any atom is -0.384 e. The van der Waals surface area contributed by atoms with E-state index >= 15 is 0 Å². The summed E-state index contributed by atoms with van der Waals surface area (Å²) in [4.78, 5) is 14.9. The van der Waals surface area contributed by atoms with Crippen LogP contribution in [-0.4, -0.2) is 31.1 Å². The van der Waals surface area contributed by atoms with Gasteiger partial charge in [0.1, 0.15) is 5.82 Å². The van der Waals surface area contributed by atoms with Crippen LogP contribution in [0.5, 0.6) is 0 Å². The molecule has 3 nitrogen and oxygen atoms in total. The van der Waals surface area contributed by atoms with Crippen LogP contribution in [0.3, 0.4) is 0 Å². The first-order chi connectivity index (χ1) is 10.1. The predicted octanol–water partition coefficient (Wildman–Crippen LogP) is 2.92. The third-order valence-corrected chi connectivity index (χ3v) is 4.90. The lowest BCUT2D eigenvalue weighted by Gasteiger charge is -2.36. The van der Waals surface area contributed by atoms with Crippen LogP contribution in [0.15, 0.2) is 18.2 Å². The molecule has 0 atom stereocenters. The fraction of sp³-hybridized carbons (Fsp3) is 0.588. The lowest BCUT2D eigenvalue weighted by molar-refractivity contribution is -0.146. The summed E-state index contributed by atoms with van der Waals surface area (Å²) in [7, 11) is 1.67. The molecule has 1 aromatic rings. The van der Waals surface area contributed by atoms with Crippen LogP contribution in [0.25, 0.3) is 0 Å². The third-order valence-electron chi connectivity index (χ3n) is 4.90. The molecule has 21 heavy (non-hydrogen) atoms. The van der Waals surface area contributed by atoms with E-state index in [-0.39, 0.29) is 17.1 Å². The van der Waals surface area contributed by atoms with E-state index in [4.69, 9.17) is 4.74 Å². The Morgan fingerprint density at radius 3 is 2.81 bits per heavy atom. The summed E-state index contributed by atoms with van der Waals surface area (Å²) in [5, 5.41) is 0. The zero-order chi connectivity index (χ0) is 14.9. The second kappa shape index (κ2) is 5.76. The Kier molecular flexibility index (Phi) is 3.98. The highest BCUT2D eigenvalue weighted by molar-refractivity contribution is 5.83. The smallest absolute Gasteiger partial charge is 0.231 e. The molecule has 0 unspecified atom stereocenters. The average Bonchev–Trinajstić information content (AvgIpc) is 2.96. The van der Waals surface area contributed by atoms with Gasteiger partial charge in [0.2, 0.25) is 5.91 Å². The molecule has 0 bridgehead atoms. The van der Waals surface area contributed by atoms with Crippen molar-refractivity contribution in [3.8, 4) is 0 Å². The average molecular weight is 291 g/mol. The summed E-state index contributed by atoms with van der Waals surface area (Å²) in [6, 6.07) is 4.88. The molecule has 0 radical (unpaired) electrons. The Morgan fingerprint density at radius 2 is 2.10 bits per heavy atom. The largest absolute Gasteiger partial charge is 0.384 e. The molecule has 0 aromatic heterocycles. The fourth-order valence-electron chi connectivity index (χ4n) is 3.78. The molecular weight excluding hydrogens is 269 g/mol. The molecule has 1 aliphatic carbocycles. The maximum absolute atomic E-state index is 13.3. The van der Waals surface area contributed by atoms with Gasteiger partial charge in [-0.25, -0.2) is 4.39 Å². The van der Waals surface area contributed by atoms with E-state index in [0.717, 1.165) is 43.2 Å². The Labute approximate surface area is 125 Å². The van der Waals surface area contributed by atoms with E-state index in [2.05, 4.69) is 0 Å². The molecular formula is C17H22FNO2. The molecule has 2 aliphatic rings. The second-order valence-electron chi connectivity index (χ2n) is 6.31. The van der Waals surface area contributed by atoms with Crippen molar-refractivity contribution in [2.24, 2.45) is 5.41 Å². The van der Waals surface area contributed by atoms with Crippen molar-refractivity contribution in [2.75, 3.05) is 20.3 Å². The molecule has 0 saturated heterocycles. The van der Waals surface area contributed by atoms with Gasteiger partial charge in [0.15, 0.2) is 0 Å². The lowest BCUT2D eigenvalue weighted by Crippen LogP contribution is -2.47. The van der Waals surface area contributed by atoms with Gasteiger partial charge in [0.25, 0.3) is 0 Å². The van der Waals surface area contributed by atoms with Gasteiger partial charge in [0.05, 0.1) is 12.0 Å². The number of rotatable bonds is 3. The second-order valence-corrected chi connectivity index (χ2v) is 6.31. The van der Waals surface area contributed by atoms with Gasteiger partial charge < -0.3 is 9.64 Å². The van der Waals surface area contributed by atoms with E-state index in [1.165, 1.54) is 6.07 Å². The quantitative estimate of drug-likeness (QED) is 0.857. The number of benzene rings is 1. The number of halogens is 1. The number of carbonyl (C=O) groups excluding carboxylic acids is 1. The van der Waals surface area contributed by atoms with Crippen molar-refractivity contribution in [3.05, 3.63) is 35.1 Å². The number of carbonyl (C=O) groups is 1. The number of ether oxygens (including phenoxy) is 1. The van der Waals surface area contributed by atoms with Gasteiger partial charge >= 0.3 is 0 Å². The van der Waals surface area contributed by atoms with Gasteiger partial charge in [-0.2, -0.15) is 0 Å². The Morgan fingerprint density at radius 1 is 1.33 bits per heavy atom. The fourth-order valence-corrected chi connectivity index (χ4v) is 3.78. The van der Waals surface area contributed by atoms with Crippen LogP contribution >= 0.6 is 0 Å². The number of methoxy groups -OCH3 is 1. The molecule has 4 heteroatoms. The standard InChI is InChI=1S/C17H22FNO2/c1-21-12-17(7-2-3-8-17)16(20)19-9-6-13-10-15(18)5-4-14(13)11-19/h4-5,10H,2-3,6-9,11-12H2,1H3. The highest BCUT2D eigenvalue weighted by Gasteiger charge is 2.44. The summed E-state index contributed by atoms with van der Waals surface area (Å²) < 4.78 is 18.6. The van der Waals surface area contributed by atoms with Gasteiger partial charge in [-0.3, -0.25) is 4.79 Å². The molecule has 0 spiro atoms. The first-order valence-electron chi connectivity index (χ1n) is 7.70. The molecule has 3 rings (SSSR count). The molecule has 1 aliphatic heterocycles. The van der Waals surface area contributed by atoms with Crippen molar-refractivity contribution in [3.63, 3.8) is 0 Å². The van der Waals surface area contributed by atoms with E-state index < -0.39 is 0 Å². The highest BCUT2D eigenvalue weighted by Crippen LogP contribution is 2.40. The molecule has 1 fully saturated rings. The van der Waals surface area contributed by atoms with Crippen LogP contribution in [-0.2, 0) is 22.5 Å². The summed E-state index contributed by atoms with van der Waals surface area (Å²) in [5.41, 5.74) is 1.78. The van der Waals surface area contributed by atoms with Crippen molar-refractivity contribution in [1.82, 2.24) is 4.90 Å². The maximum atomic E-state index is 13.3. The van der Waals surface area contributed by atoms with Gasteiger partial charge in [-0.15, -0.1) is 0 Å². The molecule has 1 saturated carbocycles. The monoisotopic (exact) mass is 291 g/mol. The predicted molar refractivity (Wildman–Crippen MR) is 78.3 cm³/mol. The van der Waals surface area contributed by atoms with Crippen molar-refractivity contribution in [2.45, 2.75) is 38.6 Å². The molecule has 114 valence electrons. The lowest BCUT2D eigenvalue weighted by atomic mass is 9.84.